The fourth-order valence-electron chi connectivity index (χ4n) is 1.59. The second-order valence-corrected chi connectivity index (χ2v) is 3.39. The maximum atomic E-state index is 11.2. The van der Waals surface area contributed by atoms with Crippen molar-refractivity contribution in [2.24, 2.45) is 0 Å². The van der Waals surface area contributed by atoms with E-state index in [4.69, 9.17) is 19.2 Å². The fraction of sp³-hybridized carbons (Fsp3) is 0.300. The third-order valence-electron chi connectivity index (χ3n) is 2.23. The van der Waals surface area contributed by atoms with Crippen molar-refractivity contribution in [3.8, 4) is 17.2 Å². The van der Waals surface area contributed by atoms with Gasteiger partial charge in [-0.2, -0.15) is 0 Å². The van der Waals surface area contributed by atoms with Gasteiger partial charge in [0.2, 0.25) is 0 Å². The van der Waals surface area contributed by atoms with Gasteiger partial charge in [0.15, 0.2) is 11.5 Å². The first kappa shape index (κ1) is 11.6. The first-order chi connectivity index (χ1) is 8.13. The lowest BCUT2D eigenvalue weighted by atomic mass is 9.91. The Morgan fingerprint density at radius 3 is 3.00 bits per heavy atom. The van der Waals surface area contributed by atoms with Crippen LogP contribution in [0.3, 0.4) is 0 Å². The molecule has 0 aliphatic carbocycles. The predicted octanol–water partition coefficient (Wildman–Crippen LogP) is 0.574. The maximum absolute atomic E-state index is 11.2. The highest BCUT2D eigenvalue weighted by Crippen LogP contribution is 2.39. The quantitative estimate of drug-likeness (QED) is 0.749. The fourth-order valence-corrected chi connectivity index (χ4v) is 1.59. The van der Waals surface area contributed by atoms with Gasteiger partial charge in [0, 0.05) is 0 Å². The number of aromatic carboxylic acids is 1. The molecule has 0 atom stereocenters. The molecular formula is C10H11BO6. The van der Waals surface area contributed by atoms with Crippen LogP contribution in [0.5, 0.6) is 17.2 Å². The van der Waals surface area contributed by atoms with Crippen molar-refractivity contribution in [3.63, 3.8) is 0 Å². The van der Waals surface area contributed by atoms with Gasteiger partial charge in [-0.15, -0.1) is 0 Å². The smallest absolute Gasteiger partial charge is 0.531 e. The molecule has 1 aliphatic rings. The Balaban J connectivity index is 2.52. The van der Waals surface area contributed by atoms with Crippen LogP contribution in [0.25, 0.3) is 0 Å². The normalized spacial score (nSPS) is 13.4. The van der Waals surface area contributed by atoms with E-state index in [0.29, 0.717) is 6.61 Å². The molecule has 0 aromatic heterocycles. The molecule has 6 nitrogen and oxygen atoms in total. The van der Waals surface area contributed by atoms with Gasteiger partial charge in [-0.3, -0.25) is 0 Å². The summed E-state index contributed by atoms with van der Waals surface area (Å²) in [7, 11) is -1.17. The summed E-state index contributed by atoms with van der Waals surface area (Å²) in [5.41, 5.74) is -0.136. The first-order valence-corrected chi connectivity index (χ1v) is 5.14. The van der Waals surface area contributed by atoms with Gasteiger partial charge in [-0.1, -0.05) is 0 Å². The molecule has 0 saturated heterocycles. The average molecular weight is 238 g/mol. The molecule has 0 spiro atoms. The van der Waals surface area contributed by atoms with E-state index >= 15 is 0 Å². The number of carboxylic acid groups (broad SMARTS) is 1. The highest BCUT2D eigenvalue weighted by molar-refractivity contribution is 6.44. The van der Waals surface area contributed by atoms with E-state index in [1.165, 1.54) is 6.07 Å². The Labute approximate surface area is 97.9 Å². The van der Waals surface area contributed by atoms with E-state index in [2.05, 4.69) is 0 Å². The third kappa shape index (κ3) is 2.14. The minimum Gasteiger partial charge on any atom is -0.531 e. The number of hydrogen-bond acceptors (Lipinski definition) is 5. The van der Waals surface area contributed by atoms with Gasteiger partial charge in [0.05, 0.1) is 6.61 Å². The average Bonchev–Trinajstić information content (AvgIpc) is 2.28. The summed E-state index contributed by atoms with van der Waals surface area (Å²) in [6.45, 7) is 2.06. The van der Waals surface area contributed by atoms with Crippen molar-refractivity contribution in [1.29, 1.82) is 0 Å². The molecule has 90 valence electrons. The Kier molecular flexibility index (Phi) is 3.10. The van der Waals surface area contributed by atoms with Gasteiger partial charge in [-0.05, 0) is 19.1 Å². The zero-order valence-electron chi connectivity index (χ0n) is 9.17. The molecule has 0 fully saturated rings. The molecule has 1 aliphatic heterocycles. The van der Waals surface area contributed by atoms with Crippen LogP contribution in [-0.2, 0) is 0 Å². The Hall–Kier alpha value is -1.89. The third-order valence-corrected chi connectivity index (χ3v) is 2.23. The minimum absolute atomic E-state index is 0.00204. The molecule has 1 heterocycles. The van der Waals surface area contributed by atoms with Crippen LogP contribution in [0.2, 0.25) is 0 Å². The Morgan fingerprint density at radius 1 is 1.59 bits per heavy atom. The molecule has 0 amide bonds. The van der Waals surface area contributed by atoms with Crippen molar-refractivity contribution in [3.05, 3.63) is 17.7 Å². The molecule has 0 unspecified atom stereocenters. The van der Waals surface area contributed by atoms with Crippen molar-refractivity contribution in [2.75, 3.05) is 13.1 Å². The van der Waals surface area contributed by atoms with Crippen LogP contribution < -0.4 is 14.1 Å². The highest BCUT2D eigenvalue weighted by Gasteiger charge is 2.31. The van der Waals surface area contributed by atoms with E-state index in [9.17, 15) is 9.82 Å². The zero-order chi connectivity index (χ0) is 12.4. The Morgan fingerprint density at radius 2 is 2.35 bits per heavy atom. The van der Waals surface area contributed by atoms with Crippen molar-refractivity contribution in [1.82, 2.24) is 0 Å². The number of hydrogen-bond donors (Lipinski definition) is 2. The van der Waals surface area contributed by atoms with Crippen LogP contribution in [-0.4, -0.2) is 36.3 Å². The highest BCUT2D eigenvalue weighted by atomic mass is 16.6. The molecule has 0 bridgehead atoms. The summed E-state index contributed by atoms with van der Waals surface area (Å²) < 4.78 is 15.4. The standard InChI is InChI=1S/C10H11BO6/c1-2-15-6-3-4-7-9(8(6)10(12)13)17-11(14)5-16-7/h3-4,14H,2,5H2,1H3,(H,12,13). The number of benzene rings is 1. The summed E-state index contributed by atoms with van der Waals surface area (Å²) in [5, 5.41) is 18.4. The van der Waals surface area contributed by atoms with Crippen LogP contribution in [0, 0.1) is 0 Å². The van der Waals surface area contributed by atoms with Gasteiger partial charge in [-0.25, -0.2) is 4.79 Å². The van der Waals surface area contributed by atoms with Crippen LogP contribution in [0.1, 0.15) is 17.3 Å². The van der Waals surface area contributed by atoms with Gasteiger partial charge in [0.25, 0.3) is 0 Å². The van der Waals surface area contributed by atoms with Crippen LogP contribution in [0.15, 0.2) is 12.1 Å². The first-order valence-electron chi connectivity index (χ1n) is 5.14. The molecule has 1 aromatic rings. The number of carbonyl (C=O) groups is 1. The van der Waals surface area contributed by atoms with Gasteiger partial charge >= 0.3 is 13.1 Å². The lowest BCUT2D eigenvalue weighted by molar-refractivity contribution is 0.0688. The molecule has 1 aromatic carbocycles. The summed E-state index contributed by atoms with van der Waals surface area (Å²) in [5.74, 6) is -0.710. The molecular weight excluding hydrogens is 227 g/mol. The van der Waals surface area contributed by atoms with Crippen molar-refractivity contribution < 1.29 is 29.1 Å². The molecule has 7 heteroatoms. The molecule has 0 saturated carbocycles. The van der Waals surface area contributed by atoms with Crippen LogP contribution >= 0.6 is 0 Å². The molecule has 2 N–H and O–H groups in total. The summed E-state index contributed by atoms with van der Waals surface area (Å²) in [6, 6.07) is 3.06. The van der Waals surface area contributed by atoms with E-state index in [1.54, 1.807) is 13.0 Å². The zero-order valence-corrected chi connectivity index (χ0v) is 9.17. The monoisotopic (exact) mass is 238 g/mol. The molecule has 2 rings (SSSR count). The van der Waals surface area contributed by atoms with E-state index in [-0.39, 0.29) is 29.3 Å². The summed E-state index contributed by atoms with van der Waals surface area (Å²) in [6.07, 6.45) is 0. The lowest BCUT2D eigenvalue weighted by Crippen LogP contribution is -2.34. The van der Waals surface area contributed by atoms with Gasteiger partial charge in [0.1, 0.15) is 17.8 Å². The van der Waals surface area contributed by atoms with Crippen molar-refractivity contribution >= 4 is 13.1 Å². The van der Waals surface area contributed by atoms with E-state index in [0.717, 1.165) is 0 Å². The van der Waals surface area contributed by atoms with Crippen LogP contribution in [0.4, 0.5) is 0 Å². The SMILES string of the molecule is CCOc1ccc2c(c1C(=O)O)OB(O)CO2. The Bertz CT molecular complexity index is 447. The lowest BCUT2D eigenvalue weighted by Gasteiger charge is -2.23. The van der Waals surface area contributed by atoms with E-state index in [1.807, 2.05) is 0 Å². The summed E-state index contributed by atoms with van der Waals surface area (Å²) in [4.78, 5) is 11.2. The molecule has 0 radical (unpaired) electrons. The minimum atomic E-state index is -1.19. The predicted molar refractivity (Wildman–Crippen MR) is 58.7 cm³/mol. The number of fused-ring (bicyclic) bond motifs is 1. The topological polar surface area (TPSA) is 85.2 Å². The number of rotatable bonds is 3. The second-order valence-electron chi connectivity index (χ2n) is 3.39. The largest absolute Gasteiger partial charge is 0.563 e. The number of carboxylic acids is 1. The molecule has 17 heavy (non-hydrogen) atoms. The second kappa shape index (κ2) is 4.54. The van der Waals surface area contributed by atoms with Gasteiger partial charge < -0.3 is 24.3 Å². The number of ether oxygens (including phenoxy) is 2. The summed E-state index contributed by atoms with van der Waals surface area (Å²) >= 11 is 0. The maximum Gasteiger partial charge on any atom is 0.563 e. The van der Waals surface area contributed by atoms with Crippen molar-refractivity contribution in [2.45, 2.75) is 6.92 Å². The van der Waals surface area contributed by atoms with E-state index < -0.39 is 13.1 Å².